The van der Waals surface area contributed by atoms with Crippen LogP contribution in [-0.4, -0.2) is 24.9 Å². The molecule has 0 spiro atoms. The number of ether oxygens (including phenoxy) is 2. The van der Waals surface area contributed by atoms with Gasteiger partial charge < -0.3 is 20.1 Å². The Morgan fingerprint density at radius 3 is 2.61 bits per heavy atom. The predicted octanol–water partition coefficient (Wildman–Crippen LogP) is 4.21. The van der Waals surface area contributed by atoms with Crippen molar-refractivity contribution in [3.05, 3.63) is 53.0 Å². The van der Waals surface area contributed by atoms with Crippen molar-refractivity contribution in [3.8, 4) is 11.5 Å². The summed E-state index contributed by atoms with van der Waals surface area (Å²) in [5.41, 5.74) is 0.926. The van der Waals surface area contributed by atoms with E-state index in [1.807, 2.05) is 55.5 Å². The van der Waals surface area contributed by atoms with Crippen LogP contribution in [0.15, 0.2) is 53.0 Å². The van der Waals surface area contributed by atoms with Gasteiger partial charge in [0.25, 0.3) is 0 Å². The highest BCUT2D eigenvalue weighted by molar-refractivity contribution is 9.10. The van der Waals surface area contributed by atoms with E-state index in [-0.39, 0.29) is 6.04 Å². The van der Waals surface area contributed by atoms with Gasteiger partial charge in [-0.2, -0.15) is 0 Å². The normalized spacial score (nSPS) is 11.4. The van der Waals surface area contributed by atoms with Crippen LogP contribution in [0.1, 0.15) is 6.92 Å². The van der Waals surface area contributed by atoms with Gasteiger partial charge in [-0.1, -0.05) is 34.1 Å². The SMILES string of the molecule is COc1ccccc1OC[C@@H](C)NC(=S)Nc1cccc(Br)c1. The molecule has 1 atom stereocenters. The molecule has 0 aliphatic rings. The maximum atomic E-state index is 5.78. The Kier molecular flexibility index (Phi) is 6.67. The number of benzene rings is 2. The van der Waals surface area contributed by atoms with Crippen molar-refractivity contribution in [1.82, 2.24) is 5.32 Å². The molecule has 0 fully saturated rings. The maximum absolute atomic E-state index is 5.78. The van der Waals surface area contributed by atoms with Gasteiger partial charge in [0.15, 0.2) is 16.6 Å². The Balaban J connectivity index is 1.82. The van der Waals surface area contributed by atoms with E-state index < -0.39 is 0 Å². The third kappa shape index (κ3) is 5.73. The van der Waals surface area contributed by atoms with E-state index in [4.69, 9.17) is 21.7 Å². The summed E-state index contributed by atoms with van der Waals surface area (Å²) >= 11 is 8.75. The molecule has 0 unspecified atom stereocenters. The lowest BCUT2D eigenvalue weighted by atomic mass is 10.3. The molecule has 4 nitrogen and oxygen atoms in total. The van der Waals surface area contributed by atoms with Crippen molar-refractivity contribution in [2.24, 2.45) is 0 Å². The standard InChI is InChI=1S/C17H19BrN2O2S/c1-12(11-22-16-9-4-3-8-15(16)21-2)19-17(23)20-14-7-5-6-13(18)10-14/h3-10,12H,11H2,1-2H3,(H2,19,20,23)/t12-/m1/s1. The van der Waals surface area contributed by atoms with Gasteiger partial charge in [0.05, 0.1) is 13.2 Å². The van der Waals surface area contributed by atoms with Crippen LogP contribution >= 0.6 is 28.1 Å². The molecule has 0 aromatic heterocycles. The minimum atomic E-state index is 0.0482. The van der Waals surface area contributed by atoms with Crippen molar-refractivity contribution in [1.29, 1.82) is 0 Å². The Morgan fingerprint density at radius 1 is 1.17 bits per heavy atom. The average molecular weight is 395 g/mol. The molecule has 0 heterocycles. The van der Waals surface area contributed by atoms with Crippen molar-refractivity contribution in [2.75, 3.05) is 19.0 Å². The summed E-state index contributed by atoms with van der Waals surface area (Å²) in [5, 5.41) is 6.89. The second-order valence-corrected chi connectivity index (χ2v) is 6.30. The van der Waals surface area contributed by atoms with Gasteiger partial charge >= 0.3 is 0 Å². The summed E-state index contributed by atoms with van der Waals surface area (Å²) in [4.78, 5) is 0. The largest absolute Gasteiger partial charge is 0.493 e. The summed E-state index contributed by atoms with van der Waals surface area (Å²) < 4.78 is 12.0. The Bertz CT molecular complexity index is 667. The van der Waals surface area contributed by atoms with E-state index >= 15 is 0 Å². The van der Waals surface area contributed by atoms with Crippen LogP contribution in [-0.2, 0) is 0 Å². The van der Waals surface area contributed by atoms with Crippen molar-refractivity contribution >= 4 is 38.9 Å². The van der Waals surface area contributed by atoms with E-state index in [2.05, 4.69) is 26.6 Å². The number of para-hydroxylation sites is 2. The van der Waals surface area contributed by atoms with Crippen molar-refractivity contribution in [2.45, 2.75) is 13.0 Å². The highest BCUT2D eigenvalue weighted by atomic mass is 79.9. The number of hydrogen-bond acceptors (Lipinski definition) is 3. The van der Waals surface area contributed by atoms with Crippen LogP contribution in [0.3, 0.4) is 0 Å². The Morgan fingerprint density at radius 2 is 1.91 bits per heavy atom. The molecule has 0 aliphatic carbocycles. The molecule has 6 heteroatoms. The molecule has 0 radical (unpaired) electrons. The third-order valence-electron chi connectivity index (χ3n) is 3.02. The smallest absolute Gasteiger partial charge is 0.171 e. The van der Waals surface area contributed by atoms with Gasteiger partial charge in [-0.3, -0.25) is 0 Å². The molecule has 0 bridgehead atoms. The summed E-state index contributed by atoms with van der Waals surface area (Å²) in [6.07, 6.45) is 0. The monoisotopic (exact) mass is 394 g/mol. The zero-order chi connectivity index (χ0) is 16.7. The van der Waals surface area contributed by atoms with Gasteiger partial charge in [-0.15, -0.1) is 0 Å². The fraction of sp³-hybridized carbons (Fsp3) is 0.235. The molecular weight excluding hydrogens is 376 g/mol. The number of thiocarbonyl (C=S) groups is 1. The number of hydrogen-bond donors (Lipinski definition) is 2. The zero-order valence-electron chi connectivity index (χ0n) is 13.0. The van der Waals surface area contributed by atoms with Crippen LogP contribution in [0.5, 0.6) is 11.5 Å². The number of rotatable bonds is 6. The maximum Gasteiger partial charge on any atom is 0.171 e. The lowest BCUT2D eigenvalue weighted by Crippen LogP contribution is -2.39. The second-order valence-electron chi connectivity index (χ2n) is 4.97. The van der Waals surface area contributed by atoms with Crippen LogP contribution in [0.2, 0.25) is 0 Å². The molecule has 2 aromatic rings. The molecule has 2 rings (SSSR count). The topological polar surface area (TPSA) is 42.5 Å². The number of halogens is 1. The first kappa shape index (κ1) is 17.6. The van der Waals surface area contributed by atoms with E-state index in [1.54, 1.807) is 7.11 Å². The molecule has 2 aromatic carbocycles. The molecule has 0 saturated carbocycles. The summed E-state index contributed by atoms with van der Waals surface area (Å²) in [7, 11) is 1.63. The summed E-state index contributed by atoms with van der Waals surface area (Å²) in [6, 6.07) is 15.4. The molecular formula is C17H19BrN2O2S. The number of nitrogens with one attached hydrogen (secondary N) is 2. The Labute approximate surface area is 150 Å². The lowest BCUT2D eigenvalue weighted by Gasteiger charge is -2.18. The molecule has 23 heavy (non-hydrogen) atoms. The van der Waals surface area contributed by atoms with Crippen molar-refractivity contribution in [3.63, 3.8) is 0 Å². The number of anilines is 1. The molecule has 0 amide bonds. The second kappa shape index (κ2) is 8.74. The quantitative estimate of drug-likeness (QED) is 0.718. The minimum Gasteiger partial charge on any atom is -0.493 e. The van der Waals surface area contributed by atoms with E-state index in [0.29, 0.717) is 11.7 Å². The van der Waals surface area contributed by atoms with Crippen LogP contribution in [0.25, 0.3) is 0 Å². The molecule has 0 saturated heterocycles. The average Bonchev–Trinajstić information content (AvgIpc) is 2.53. The third-order valence-corrected chi connectivity index (χ3v) is 3.73. The highest BCUT2D eigenvalue weighted by Gasteiger charge is 2.08. The van der Waals surface area contributed by atoms with E-state index in [9.17, 15) is 0 Å². The molecule has 2 N–H and O–H groups in total. The van der Waals surface area contributed by atoms with Crippen LogP contribution in [0, 0.1) is 0 Å². The van der Waals surface area contributed by atoms with Gasteiger partial charge in [-0.05, 0) is 49.5 Å². The van der Waals surface area contributed by atoms with E-state index in [1.165, 1.54) is 0 Å². The molecule has 122 valence electrons. The zero-order valence-corrected chi connectivity index (χ0v) is 15.4. The van der Waals surface area contributed by atoms with Gasteiger partial charge in [-0.25, -0.2) is 0 Å². The predicted molar refractivity (Wildman–Crippen MR) is 101 cm³/mol. The van der Waals surface area contributed by atoms with Gasteiger partial charge in [0, 0.05) is 10.2 Å². The lowest BCUT2D eigenvalue weighted by molar-refractivity contribution is 0.270. The van der Waals surface area contributed by atoms with Crippen molar-refractivity contribution < 1.29 is 9.47 Å². The first-order chi connectivity index (χ1) is 11.1. The number of methoxy groups -OCH3 is 1. The van der Waals surface area contributed by atoms with E-state index in [0.717, 1.165) is 21.7 Å². The van der Waals surface area contributed by atoms with Gasteiger partial charge in [0.1, 0.15) is 6.61 Å². The van der Waals surface area contributed by atoms with Gasteiger partial charge in [0.2, 0.25) is 0 Å². The van der Waals surface area contributed by atoms with Crippen LogP contribution < -0.4 is 20.1 Å². The summed E-state index contributed by atoms with van der Waals surface area (Å²) in [6.45, 7) is 2.48. The highest BCUT2D eigenvalue weighted by Crippen LogP contribution is 2.25. The first-order valence-electron chi connectivity index (χ1n) is 7.17. The first-order valence-corrected chi connectivity index (χ1v) is 8.37. The summed E-state index contributed by atoms with van der Waals surface area (Å²) in [5.74, 6) is 1.43. The van der Waals surface area contributed by atoms with Crippen LogP contribution in [0.4, 0.5) is 5.69 Å². The minimum absolute atomic E-state index is 0.0482. The Hall–Kier alpha value is -1.79. The fourth-order valence-corrected chi connectivity index (χ4v) is 2.67. The fourth-order valence-electron chi connectivity index (χ4n) is 1.95. The molecule has 0 aliphatic heterocycles.